The molecule has 2 N–H and O–H groups in total. The van der Waals surface area contributed by atoms with Crippen LogP contribution in [0.3, 0.4) is 0 Å². The summed E-state index contributed by atoms with van der Waals surface area (Å²) in [6.07, 6.45) is 5.33. The van der Waals surface area contributed by atoms with Gasteiger partial charge < -0.3 is 15.2 Å². The van der Waals surface area contributed by atoms with Crippen molar-refractivity contribution in [3.05, 3.63) is 35.0 Å². The number of carbonyl (C=O) groups is 1. The van der Waals surface area contributed by atoms with Crippen LogP contribution in [0.2, 0.25) is 5.02 Å². The van der Waals surface area contributed by atoms with Gasteiger partial charge in [-0.15, -0.1) is 10.2 Å². The molecule has 2 aromatic heterocycles. The molecule has 3 heterocycles. The number of anilines is 1. The third-order valence-electron chi connectivity index (χ3n) is 4.18. The second-order valence-corrected chi connectivity index (χ2v) is 6.06. The van der Waals surface area contributed by atoms with E-state index in [9.17, 15) is 4.79 Å². The highest BCUT2D eigenvalue weighted by molar-refractivity contribution is 6.33. The van der Waals surface area contributed by atoms with Gasteiger partial charge in [0.15, 0.2) is 0 Å². The molecule has 7 nitrogen and oxygen atoms in total. The summed E-state index contributed by atoms with van der Waals surface area (Å²) in [6.45, 7) is 4.58. The Kier molecular flexibility index (Phi) is 4.47. The Morgan fingerprint density at radius 2 is 2.35 bits per heavy atom. The number of nitrogens with zero attached hydrogens (tertiary/aromatic N) is 5. The van der Waals surface area contributed by atoms with Crippen LogP contribution in [0.25, 0.3) is 0 Å². The fourth-order valence-electron chi connectivity index (χ4n) is 3.00. The summed E-state index contributed by atoms with van der Waals surface area (Å²) in [5.74, 6) is 1.45. The van der Waals surface area contributed by atoms with Gasteiger partial charge in [0, 0.05) is 31.7 Å². The van der Waals surface area contributed by atoms with E-state index in [0.717, 1.165) is 38.3 Å². The minimum atomic E-state index is -0.529. The number of nitrogens with two attached hydrogens (primary N) is 1. The van der Waals surface area contributed by atoms with Gasteiger partial charge in [-0.05, 0) is 25.8 Å². The van der Waals surface area contributed by atoms with Crippen LogP contribution in [0.4, 0.5) is 5.82 Å². The number of halogens is 1. The number of piperidine rings is 1. The van der Waals surface area contributed by atoms with Gasteiger partial charge in [-0.2, -0.15) is 0 Å². The van der Waals surface area contributed by atoms with E-state index in [1.54, 1.807) is 12.4 Å². The van der Waals surface area contributed by atoms with Gasteiger partial charge in [0.25, 0.3) is 0 Å². The average molecular weight is 335 g/mol. The highest BCUT2D eigenvalue weighted by Gasteiger charge is 2.27. The first-order chi connectivity index (χ1) is 11.1. The lowest BCUT2D eigenvalue weighted by Crippen LogP contribution is -2.36. The van der Waals surface area contributed by atoms with Crippen LogP contribution in [0.15, 0.2) is 18.6 Å². The van der Waals surface area contributed by atoms with Crippen LogP contribution >= 0.6 is 11.6 Å². The van der Waals surface area contributed by atoms with E-state index >= 15 is 0 Å². The summed E-state index contributed by atoms with van der Waals surface area (Å²) in [5.41, 5.74) is 5.58. The van der Waals surface area contributed by atoms with Crippen molar-refractivity contribution in [1.29, 1.82) is 0 Å². The van der Waals surface area contributed by atoms with Crippen molar-refractivity contribution < 1.29 is 4.79 Å². The summed E-state index contributed by atoms with van der Waals surface area (Å²) in [7, 11) is 0. The quantitative estimate of drug-likeness (QED) is 0.921. The lowest BCUT2D eigenvalue weighted by molar-refractivity contribution is 0.1000. The van der Waals surface area contributed by atoms with Crippen LogP contribution in [-0.4, -0.2) is 38.7 Å². The fourth-order valence-corrected chi connectivity index (χ4v) is 3.29. The third-order valence-corrected chi connectivity index (χ3v) is 4.46. The maximum atomic E-state index is 11.2. The molecule has 1 saturated heterocycles. The normalized spacial score (nSPS) is 18.2. The molecule has 1 unspecified atom stereocenters. The Balaban J connectivity index is 1.83. The Hall–Kier alpha value is -2.15. The van der Waals surface area contributed by atoms with E-state index in [1.807, 2.05) is 0 Å². The summed E-state index contributed by atoms with van der Waals surface area (Å²) >= 11 is 6.29. The molecule has 122 valence electrons. The molecule has 0 bridgehead atoms. The van der Waals surface area contributed by atoms with Gasteiger partial charge in [-0.3, -0.25) is 4.79 Å². The highest BCUT2D eigenvalue weighted by atomic mass is 35.5. The molecule has 3 rings (SSSR count). The van der Waals surface area contributed by atoms with Crippen LogP contribution < -0.4 is 10.6 Å². The second-order valence-electron chi connectivity index (χ2n) is 5.65. The van der Waals surface area contributed by atoms with E-state index in [4.69, 9.17) is 17.3 Å². The molecule has 0 aliphatic carbocycles. The van der Waals surface area contributed by atoms with E-state index in [0.29, 0.717) is 22.3 Å². The third kappa shape index (κ3) is 3.14. The summed E-state index contributed by atoms with van der Waals surface area (Å²) in [6, 6.07) is 1.57. The number of hydrogen-bond donors (Lipinski definition) is 1. The lowest BCUT2D eigenvalue weighted by atomic mass is 9.97. The van der Waals surface area contributed by atoms with Crippen molar-refractivity contribution in [1.82, 2.24) is 19.7 Å². The molecule has 0 radical (unpaired) electrons. The molecule has 8 heteroatoms. The number of amides is 1. The molecular weight excluding hydrogens is 316 g/mol. The number of aryl methyl sites for hydroxylation is 1. The van der Waals surface area contributed by atoms with E-state index < -0.39 is 5.91 Å². The Morgan fingerprint density at radius 3 is 3.04 bits per heavy atom. The molecule has 0 spiro atoms. The fraction of sp³-hybridized carbons (Fsp3) is 0.467. The Labute approximate surface area is 139 Å². The second kappa shape index (κ2) is 6.54. The highest BCUT2D eigenvalue weighted by Crippen LogP contribution is 2.31. The van der Waals surface area contributed by atoms with E-state index in [1.165, 1.54) is 6.20 Å². The zero-order valence-corrected chi connectivity index (χ0v) is 13.7. The minimum absolute atomic E-state index is 0.292. The summed E-state index contributed by atoms with van der Waals surface area (Å²) in [4.78, 5) is 17.7. The van der Waals surface area contributed by atoms with Crippen LogP contribution in [0.1, 0.15) is 41.9 Å². The first kappa shape index (κ1) is 15.7. The first-order valence-corrected chi connectivity index (χ1v) is 8.06. The monoisotopic (exact) mass is 334 g/mol. The molecule has 23 heavy (non-hydrogen) atoms. The topological polar surface area (TPSA) is 89.9 Å². The molecule has 1 aliphatic rings. The van der Waals surface area contributed by atoms with Crippen molar-refractivity contribution in [2.75, 3.05) is 18.0 Å². The number of primary amides is 1. The van der Waals surface area contributed by atoms with E-state index in [2.05, 4.69) is 31.6 Å². The molecular formula is C15H19ClN6O. The van der Waals surface area contributed by atoms with Crippen molar-refractivity contribution in [2.24, 2.45) is 5.73 Å². The maximum Gasteiger partial charge on any atom is 0.250 e. The number of hydrogen-bond acceptors (Lipinski definition) is 5. The number of pyridine rings is 1. The summed E-state index contributed by atoms with van der Waals surface area (Å²) < 4.78 is 2.07. The average Bonchev–Trinajstić information content (AvgIpc) is 3.03. The van der Waals surface area contributed by atoms with Crippen LogP contribution in [0.5, 0.6) is 0 Å². The minimum Gasteiger partial charge on any atom is -0.366 e. The summed E-state index contributed by atoms with van der Waals surface area (Å²) in [5, 5.41) is 8.73. The molecule has 1 fully saturated rings. The zero-order chi connectivity index (χ0) is 16.4. The maximum absolute atomic E-state index is 11.2. The standard InChI is InChI=1S/C15H19ClN6O/c1-2-21-9-19-20-14(21)10-4-3-5-22(8-10)15-12(16)6-11(7-18-15)13(17)23/h6-7,9-10H,2-5,8H2,1H3,(H2,17,23). The first-order valence-electron chi connectivity index (χ1n) is 7.68. The largest absolute Gasteiger partial charge is 0.366 e. The number of carbonyl (C=O) groups excluding carboxylic acids is 1. The van der Waals surface area contributed by atoms with Gasteiger partial charge in [0.1, 0.15) is 18.0 Å². The van der Waals surface area contributed by atoms with Gasteiger partial charge >= 0.3 is 0 Å². The number of rotatable bonds is 4. The molecule has 1 aliphatic heterocycles. The molecule has 0 aromatic carbocycles. The van der Waals surface area contributed by atoms with Crippen molar-refractivity contribution in [2.45, 2.75) is 32.2 Å². The van der Waals surface area contributed by atoms with Crippen LogP contribution in [-0.2, 0) is 6.54 Å². The Morgan fingerprint density at radius 1 is 1.52 bits per heavy atom. The Bertz CT molecular complexity index is 716. The SMILES string of the molecule is CCn1cnnc1C1CCCN(c2ncc(C(N)=O)cc2Cl)C1. The lowest BCUT2D eigenvalue weighted by Gasteiger charge is -2.33. The van der Waals surface area contributed by atoms with Gasteiger partial charge in [0.05, 0.1) is 10.6 Å². The number of aromatic nitrogens is 4. The predicted molar refractivity (Wildman–Crippen MR) is 87.6 cm³/mol. The molecule has 2 aromatic rings. The van der Waals surface area contributed by atoms with Gasteiger partial charge in [-0.25, -0.2) is 4.98 Å². The van der Waals surface area contributed by atoms with Gasteiger partial charge in [0.2, 0.25) is 5.91 Å². The van der Waals surface area contributed by atoms with Crippen molar-refractivity contribution in [3.8, 4) is 0 Å². The molecule has 1 amide bonds. The van der Waals surface area contributed by atoms with E-state index in [-0.39, 0.29) is 0 Å². The van der Waals surface area contributed by atoms with Crippen molar-refractivity contribution >= 4 is 23.3 Å². The molecule has 1 atom stereocenters. The smallest absolute Gasteiger partial charge is 0.250 e. The van der Waals surface area contributed by atoms with Crippen molar-refractivity contribution in [3.63, 3.8) is 0 Å². The molecule has 0 saturated carbocycles. The predicted octanol–water partition coefficient (Wildman–Crippen LogP) is 1.83. The van der Waals surface area contributed by atoms with Crippen LogP contribution in [0, 0.1) is 0 Å². The zero-order valence-electron chi connectivity index (χ0n) is 12.9. The van der Waals surface area contributed by atoms with Gasteiger partial charge in [-0.1, -0.05) is 11.6 Å².